The zero-order valence-electron chi connectivity index (χ0n) is 15.2. The lowest BCUT2D eigenvalue weighted by atomic mass is 9.95. The van der Waals surface area contributed by atoms with Crippen molar-refractivity contribution >= 4 is 12.1 Å². The second-order valence-corrected chi connectivity index (χ2v) is 5.97. The van der Waals surface area contributed by atoms with Gasteiger partial charge in [-0.05, 0) is 29.7 Å². The Morgan fingerprint density at radius 3 is 2.44 bits per heavy atom. The van der Waals surface area contributed by atoms with Crippen LogP contribution in [0.2, 0.25) is 0 Å². The van der Waals surface area contributed by atoms with Gasteiger partial charge in [0, 0.05) is 6.54 Å². The third kappa shape index (κ3) is 5.54. The molecule has 144 valence electrons. The molecule has 0 saturated heterocycles. The number of methoxy groups -OCH3 is 1. The van der Waals surface area contributed by atoms with Crippen molar-refractivity contribution in [3.63, 3.8) is 0 Å². The fourth-order valence-corrected chi connectivity index (χ4v) is 2.59. The summed E-state index contributed by atoms with van der Waals surface area (Å²) in [6, 6.07) is 13.9. The maximum absolute atomic E-state index is 11.7. The number of carbonyl (C=O) groups excluding carboxylic acids is 2. The number of alkyl carbamates (subject to hydrolysis) is 1. The molecule has 0 radical (unpaired) electrons. The Bertz CT molecular complexity index is 777. The summed E-state index contributed by atoms with van der Waals surface area (Å²) < 4.78 is 9.75. The molecule has 0 aromatic heterocycles. The van der Waals surface area contributed by atoms with E-state index in [2.05, 4.69) is 5.32 Å². The van der Waals surface area contributed by atoms with Crippen LogP contribution in [0.5, 0.6) is 0 Å². The molecule has 0 saturated carbocycles. The van der Waals surface area contributed by atoms with E-state index in [4.69, 9.17) is 9.47 Å². The van der Waals surface area contributed by atoms with Gasteiger partial charge in [0.1, 0.15) is 18.8 Å². The lowest BCUT2D eigenvalue weighted by Crippen LogP contribution is -2.36. The average molecular weight is 373 g/mol. The summed E-state index contributed by atoms with van der Waals surface area (Å²) in [5, 5.41) is 23.0. The number of rotatable bonds is 7. The predicted octanol–water partition coefficient (Wildman–Crippen LogP) is 2.10. The van der Waals surface area contributed by atoms with E-state index >= 15 is 0 Å². The molecule has 7 nitrogen and oxygen atoms in total. The van der Waals surface area contributed by atoms with E-state index in [-0.39, 0.29) is 13.2 Å². The van der Waals surface area contributed by atoms with Gasteiger partial charge in [-0.1, -0.05) is 42.5 Å². The van der Waals surface area contributed by atoms with E-state index in [1.165, 1.54) is 7.11 Å². The number of nitrogens with one attached hydrogen (secondary N) is 1. The molecule has 0 spiro atoms. The first-order chi connectivity index (χ1) is 12.9. The SMILES string of the molecule is COC(=O)c1cccc(C(O)C(O)CNC(=O)OCc2ccccc2)c1C. The highest BCUT2D eigenvalue weighted by Crippen LogP contribution is 2.24. The van der Waals surface area contributed by atoms with Crippen LogP contribution in [0.15, 0.2) is 48.5 Å². The van der Waals surface area contributed by atoms with E-state index in [1.807, 2.05) is 30.3 Å². The number of aliphatic hydroxyl groups excluding tert-OH is 2. The largest absolute Gasteiger partial charge is 0.465 e. The Morgan fingerprint density at radius 1 is 1.07 bits per heavy atom. The third-order valence-corrected chi connectivity index (χ3v) is 4.13. The van der Waals surface area contributed by atoms with Crippen LogP contribution in [0.4, 0.5) is 4.79 Å². The van der Waals surface area contributed by atoms with Crippen molar-refractivity contribution in [2.45, 2.75) is 25.7 Å². The van der Waals surface area contributed by atoms with Crippen molar-refractivity contribution in [2.75, 3.05) is 13.7 Å². The summed E-state index contributed by atoms with van der Waals surface area (Å²) in [6.45, 7) is 1.54. The fraction of sp³-hybridized carbons (Fsp3) is 0.300. The van der Waals surface area contributed by atoms with Gasteiger partial charge in [-0.15, -0.1) is 0 Å². The van der Waals surface area contributed by atoms with Crippen LogP contribution < -0.4 is 5.32 Å². The quantitative estimate of drug-likeness (QED) is 0.642. The molecule has 2 aromatic carbocycles. The van der Waals surface area contributed by atoms with Crippen molar-refractivity contribution in [1.82, 2.24) is 5.32 Å². The molecule has 2 aromatic rings. The fourth-order valence-electron chi connectivity index (χ4n) is 2.59. The highest BCUT2D eigenvalue weighted by Gasteiger charge is 2.23. The molecule has 0 bridgehead atoms. The van der Waals surface area contributed by atoms with Crippen LogP contribution >= 0.6 is 0 Å². The van der Waals surface area contributed by atoms with Gasteiger partial charge in [-0.25, -0.2) is 9.59 Å². The van der Waals surface area contributed by atoms with Crippen LogP contribution in [-0.2, 0) is 16.1 Å². The molecule has 2 rings (SSSR count). The Morgan fingerprint density at radius 2 is 1.78 bits per heavy atom. The molecule has 0 fully saturated rings. The molecule has 0 aliphatic carbocycles. The number of hydrogen-bond acceptors (Lipinski definition) is 6. The van der Waals surface area contributed by atoms with Gasteiger partial charge < -0.3 is 25.0 Å². The second-order valence-electron chi connectivity index (χ2n) is 5.97. The second kappa shape index (κ2) is 9.70. The van der Waals surface area contributed by atoms with E-state index in [0.717, 1.165) is 5.56 Å². The third-order valence-electron chi connectivity index (χ3n) is 4.13. The highest BCUT2D eigenvalue weighted by molar-refractivity contribution is 5.91. The highest BCUT2D eigenvalue weighted by atomic mass is 16.5. The Kier molecular flexibility index (Phi) is 7.34. The summed E-state index contributed by atoms with van der Waals surface area (Å²) in [4.78, 5) is 23.5. The summed E-state index contributed by atoms with van der Waals surface area (Å²) in [7, 11) is 1.27. The molecule has 0 aliphatic heterocycles. The molecular formula is C20H23NO6. The van der Waals surface area contributed by atoms with Crippen LogP contribution in [0.1, 0.15) is 33.2 Å². The summed E-state index contributed by atoms with van der Waals surface area (Å²) >= 11 is 0. The average Bonchev–Trinajstić information content (AvgIpc) is 2.70. The van der Waals surface area contributed by atoms with Crippen molar-refractivity contribution in [2.24, 2.45) is 0 Å². The van der Waals surface area contributed by atoms with Crippen LogP contribution in [0, 0.1) is 6.92 Å². The summed E-state index contributed by atoms with van der Waals surface area (Å²) in [5.41, 5.74) is 2.02. The van der Waals surface area contributed by atoms with Gasteiger partial charge in [0.25, 0.3) is 0 Å². The van der Waals surface area contributed by atoms with Crippen LogP contribution in [0.3, 0.4) is 0 Å². The Labute approximate surface area is 157 Å². The minimum absolute atomic E-state index is 0.103. The summed E-state index contributed by atoms with van der Waals surface area (Å²) in [6.07, 6.45) is -3.27. The van der Waals surface area contributed by atoms with Gasteiger partial charge >= 0.3 is 12.1 Å². The monoisotopic (exact) mass is 373 g/mol. The first kappa shape index (κ1) is 20.4. The molecule has 1 amide bonds. The molecule has 27 heavy (non-hydrogen) atoms. The number of carbonyl (C=O) groups is 2. The molecule has 2 atom stereocenters. The first-order valence-electron chi connectivity index (χ1n) is 8.42. The van der Waals surface area contributed by atoms with E-state index in [9.17, 15) is 19.8 Å². The zero-order chi connectivity index (χ0) is 19.8. The first-order valence-corrected chi connectivity index (χ1v) is 8.42. The molecule has 0 aliphatic rings. The predicted molar refractivity (Wildman–Crippen MR) is 98.1 cm³/mol. The Balaban J connectivity index is 1.91. The van der Waals surface area contributed by atoms with E-state index in [1.54, 1.807) is 25.1 Å². The van der Waals surface area contributed by atoms with Crippen molar-refractivity contribution in [3.05, 3.63) is 70.8 Å². The number of ether oxygens (including phenoxy) is 2. The van der Waals surface area contributed by atoms with E-state index < -0.39 is 24.3 Å². The van der Waals surface area contributed by atoms with Crippen LogP contribution in [0.25, 0.3) is 0 Å². The molecule has 3 N–H and O–H groups in total. The molecule has 0 heterocycles. The van der Waals surface area contributed by atoms with Gasteiger partial charge in [0.15, 0.2) is 0 Å². The number of hydrogen-bond donors (Lipinski definition) is 3. The number of aliphatic hydroxyl groups is 2. The maximum atomic E-state index is 11.7. The van der Waals surface area contributed by atoms with Gasteiger partial charge in [-0.3, -0.25) is 0 Å². The number of esters is 1. The van der Waals surface area contributed by atoms with Crippen molar-refractivity contribution in [3.8, 4) is 0 Å². The maximum Gasteiger partial charge on any atom is 0.407 e. The lowest BCUT2D eigenvalue weighted by Gasteiger charge is -2.21. The molecule has 2 unspecified atom stereocenters. The zero-order valence-corrected chi connectivity index (χ0v) is 15.2. The van der Waals surface area contributed by atoms with Gasteiger partial charge in [0.05, 0.1) is 12.7 Å². The van der Waals surface area contributed by atoms with E-state index in [0.29, 0.717) is 16.7 Å². The number of amides is 1. The minimum Gasteiger partial charge on any atom is -0.465 e. The lowest BCUT2D eigenvalue weighted by molar-refractivity contribution is 0.0179. The van der Waals surface area contributed by atoms with Gasteiger partial charge in [0.2, 0.25) is 0 Å². The Hall–Kier alpha value is -2.90. The normalized spacial score (nSPS) is 12.7. The van der Waals surface area contributed by atoms with Crippen molar-refractivity contribution < 1.29 is 29.3 Å². The smallest absolute Gasteiger partial charge is 0.407 e. The molecular weight excluding hydrogens is 350 g/mol. The minimum atomic E-state index is -1.29. The van der Waals surface area contributed by atoms with Gasteiger partial charge in [-0.2, -0.15) is 0 Å². The number of benzene rings is 2. The standard InChI is InChI=1S/C20H23NO6/c1-13-15(9-6-10-16(13)19(24)26-2)18(23)17(22)11-21-20(25)27-12-14-7-4-3-5-8-14/h3-10,17-18,22-23H,11-12H2,1-2H3,(H,21,25). The topological polar surface area (TPSA) is 105 Å². The summed E-state index contributed by atoms with van der Waals surface area (Å²) in [5.74, 6) is -0.529. The molecule has 7 heteroatoms. The van der Waals surface area contributed by atoms with Crippen molar-refractivity contribution in [1.29, 1.82) is 0 Å². The van der Waals surface area contributed by atoms with Crippen LogP contribution in [-0.4, -0.2) is 42.0 Å².